The molecule has 0 N–H and O–H groups in total. The fourth-order valence-corrected chi connectivity index (χ4v) is 1.81. The number of hydrogen-bond acceptors (Lipinski definition) is 3. The van der Waals surface area contributed by atoms with E-state index in [4.69, 9.17) is 0 Å². The minimum absolute atomic E-state index is 0.110. The fourth-order valence-electron chi connectivity index (χ4n) is 1.46. The molecule has 1 unspecified atom stereocenters. The van der Waals surface area contributed by atoms with Crippen LogP contribution in [0.3, 0.4) is 0 Å². The van der Waals surface area contributed by atoms with Gasteiger partial charge in [-0.05, 0) is 28.1 Å². The van der Waals surface area contributed by atoms with Crippen molar-refractivity contribution in [1.82, 2.24) is 19.7 Å². The van der Waals surface area contributed by atoms with Crippen molar-refractivity contribution in [2.24, 2.45) is 0 Å². The first-order chi connectivity index (χ1) is 8.63. The average Bonchev–Trinajstić information content (AvgIpc) is 2.78. The standard InChI is InChI=1S/C10H8BrF3N4/c11-8-3-1-2-6(16-8)10-17-15-5-18(10)7(4-12)9(13)14/h1-3,5,7,9H,4H2. The molecule has 2 heterocycles. The lowest BCUT2D eigenvalue weighted by Crippen LogP contribution is -2.19. The molecule has 2 aromatic rings. The van der Waals surface area contributed by atoms with Crippen molar-refractivity contribution in [1.29, 1.82) is 0 Å². The van der Waals surface area contributed by atoms with Gasteiger partial charge in [0, 0.05) is 0 Å². The molecule has 0 aromatic carbocycles. The van der Waals surface area contributed by atoms with Crippen LogP contribution in [0.2, 0.25) is 0 Å². The highest BCUT2D eigenvalue weighted by molar-refractivity contribution is 9.10. The monoisotopic (exact) mass is 320 g/mol. The molecule has 4 nitrogen and oxygen atoms in total. The predicted octanol–water partition coefficient (Wildman–Crippen LogP) is 2.88. The molecule has 0 spiro atoms. The summed E-state index contributed by atoms with van der Waals surface area (Å²) < 4.78 is 39.6. The summed E-state index contributed by atoms with van der Waals surface area (Å²) in [6.07, 6.45) is -1.76. The zero-order valence-electron chi connectivity index (χ0n) is 8.97. The third-order valence-corrected chi connectivity index (χ3v) is 2.77. The van der Waals surface area contributed by atoms with Crippen LogP contribution >= 0.6 is 15.9 Å². The Bertz CT molecular complexity index is 531. The Morgan fingerprint density at radius 2 is 2.11 bits per heavy atom. The zero-order valence-corrected chi connectivity index (χ0v) is 10.6. The first-order valence-electron chi connectivity index (χ1n) is 5.00. The summed E-state index contributed by atoms with van der Waals surface area (Å²) in [6, 6.07) is 3.35. The number of pyridine rings is 1. The van der Waals surface area contributed by atoms with Crippen molar-refractivity contribution in [2.45, 2.75) is 12.5 Å². The summed E-state index contributed by atoms with van der Waals surface area (Å²) in [5.41, 5.74) is 0.348. The molecule has 96 valence electrons. The molecule has 8 heteroatoms. The van der Waals surface area contributed by atoms with Crippen LogP contribution in [0.4, 0.5) is 13.2 Å². The van der Waals surface area contributed by atoms with E-state index in [2.05, 4.69) is 31.1 Å². The maximum absolute atomic E-state index is 12.7. The molecular weight excluding hydrogens is 313 g/mol. The van der Waals surface area contributed by atoms with E-state index in [-0.39, 0.29) is 5.82 Å². The first kappa shape index (κ1) is 13.0. The van der Waals surface area contributed by atoms with Crippen LogP contribution in [0, 0.1) is 0 Å². The molecule has 0 radical (unpaired) electrons. The number of nitrogens with zero attached hydrogens (tertiary/aromatic N) is 4. The molecule has 0 saturated heterocycles. The van der Waals surface area contributed by atoms with Gasteiger partial charge in [-0.15, -0.1) is 10.2 Å². The van der Waals surface area contributed by atoms with Crippen LogP contribution in [-0.2, 0) is 0 Å². The van der Waals surface area contributed by atoms with E-state index in [9.17, 15) is 13.2 Å². The minimum Gasteiger partial charge on any atom is -0.301 e. The third kappa shape index (κ3) is 2.53. The van der Waals surface area contributed by atoms with Crippen molar-refractivity contribution in [3.63, 3.8) is 0 Å². The molecule has 0 saturated carbocycles. The van der Waals surface area contributed by atoms with E-state index in [0.29, 0.717) is 10.3 Å². The molecule has 0 aliphatic rings. The van der Waals surface area contributed by atoms with E-state index < -0.39 is 19.1 Å². The Kier molecular flexibility index (Phi) is 3.95. The second kappa shape index (κ2) is 5.47. The van der Waals surface area contributed by atoms with Gasteiger partial charge >= 0.3 is 0 Å². The summed E-state index contributed by atoms with van der Waals surface area (Å²) in [7, 11) is 0. The topological polar surface area (TPSA) is 43.6 Å². The number of halogens is 4. The molecule has 2 aromatic heterocycles. The molecule has 0 fully saturated rings. The molecule has 0 aliphatic heterocycles. The SMILES string of the molecule is FCC(C(F)F)n1cnnc1-c1cccc(Br)n1. The molecule has 2 rings (SSSR count). The summed E-state index contributed by atoms with van der Waals surface area (Å²) in [6.45, 7) is -1.20. The Morgan fingerprint density at radius 1 is 1.33 bits per heavy atom. The van der Waals surface area contributed by atoms with Gasteiger partial charge in [-0.1, -0.05) is 6.07 Å². The van der Waals surface area contributed by atoms with E-state index >= 15 is 0 Å². The highest BCUT2D eigenvalue weighted by Gasteiger charge is 2.25. The predicted molar refractivity (Wildman–Crippen MR) is 62.0 cm³/mol. The van der Waals surface area contributed by atoms with Crippen LogP contribution in [0.25, 0.3) is 11.5 Å². The van der Waals surface area contributed by atoms with Gasteiger partial charge in [-0.3, -0.25) is 0 Å². The summed E-state index contributed by atoms with van der Waals surface area (Å²) in [5, 5.41) is 7.25. The highest BCUT2D eigenvalue weighted by Crippen LogP contribution is 2.24. The first-order valence-corrected chi connectivity index (χ1v) is 5.79. The number of rotatable bonds is 4. The maximum atomic E-state index is 12.7. The van der Waals surface area contributed by atoms with Crippen molar-refractivity contribution in [3.8, 4) is 11.5 Å². The second-order valence-electron chi connectivity index (χ2n) is 3.46. The molecule has 1 atom stereocenters. The molecule has 0 aliphatic carbocycles. The largest absolute Gasteiger partial charge is 0.301 e. The molecular formula is C10H8BrF3N4. The lowest BCUT2D eigenvalue weighted by atomic mass is 10.3. The lowest BCUT2D eigenvalue weighted by Gasteiger charge is -2.15. The molecule has 18 heavy (non-hydrogen) atoms. The number of alkyl halides is 3. The molecule has 0 amide bonds. The van der Waals surface area contributed by atoms with Crippen LogP contribution in [0.5, 0.6) is 0 Å². The van der Waals surface area contributed by atoms with Crippen LogP contribution < -0.4 is 0 Å². The average molecular weight is 321 g/mol. The zero-order chi connectivity index (χ0) is 13.1. The summed E-state index contributed by atoms with van der Waals surface area (Å²) in [5.74, 6) is 0.110. The van der Waals surface area contributed by atoms with Gasteiger partial charge < -0.3 is 4.57 Å². The number of aromatic nitrogens is 4. The highest BCUT2D eigenvalue weighted by atomic mass is 79.9. The Hall–Kier alpha value is -1.44. The normalized spacial score (nSPS) is 12.9. The maximum Gasteiger partial charge on any atom is 0.261 e. The Morgan fingerprint density at radius 3 is 2.72 bits per heavy atom. The van der Waals surface area contributed by atoms with E-state index in [1.165, 1.54) is 0 Å². The van der Waals surface area contributed by atoms with Gasteiger partial charge in [0.1, 0.15) is 29.3 Å². The Labute approximate surface area is 109 Å². The van der Waals surface area contributed by atoms with Gasteiger partial charge in [0.25, 0.3) is 6.43 Å². The van der Waals surface area contributed by atoms with Crippen LogP contribution in [-0.4, -0.2) is 32.8 Å². The van der Waals surface area contributed by atoms with E-state index in [1.807, 2.05) is 0 Å². The minimum atomic E-state index is -2.84. The van der Waals surface area contributed by atoms with Crippen molar-refractivity contribution in [3.05, 3.63) is 29.1 Å². The van der Waals surface area contributed by atoms with Gasteiger partial charge in [0.05, 0.1) is 0 Å². The van der Waals surface area contributed by atoms with Crippen LogP contribution in [0.15, 0.2) is 29.1 Å². The fraction of sp³-hybridized carbons (Fsp3) is 0.300. The van der Waals surface area contributed by atoms with Gasteiger partial charge in [-0.2, -0.15) is 0 Å². The Balaban J connectivity index is 2.44. The quantitative estimate of drug-likeness (QED) is 0.814. The van der Waals surface area contributed by atoms with Gasteiger partial charge in [0.15, 0.2) is 5.82 Å². The van der Waals surface area contributed by atoms with Crippen molar-refractivity contribution in [2.75, 3.05) is 6.67 Å². The van der Waals surface area contributed by atoms with Gasteiger partial charge in [0.2, 0.25) is 0 Å². The van der Waals surface area contributed by atoms with Crippen LogP contribution in [0.1, 0.15) is 6.04 Å². The smallest absolute Gasteiger partial charge is 0.261 e. The number of hydrogen-bond donors (Lipinski definition) is 0. The lowest BCUT2D eigenvalue weighted by molar-refractivity contribution is 0.0691. The van der Waals surface area contributed by atoms with Gasteiger partial charge in [-0.25, -0.2) is 18.2 Å². The van der Waals surface area contributed by atoms with Crippen molar-refractivity contribution < 1.29 is 13.2 Å². The summed E-state index contributed by atoms with van der Waals surface area (Å²) >= 11 is 3.16. The third-order valence-electron chi connectivity index (χ3n) is 2.32. The van der Waals surface area contributed by atoms with E-state index in [0.717, 1.165) is 10.9 Å². The summed E-state index contributed by atoms with van der Waals surface area (Å²) in [4.78, 5) is 4.08. The van der Waals surface area contributed by atoms with Crippen molar-refractivity contribution >= 4 is 15.9 Å². The van der Waals surface area contributed by atoms with E-state index in [1.54, 1.807) is 18.2 Å². The second-order valence-corrected chi connectivity index (χ2v) is 4.28. The molecule has 0 bridgehead atoms.